The van der Waals surface area contributed by atoms with Crippen LogP contribution in [0.5, 0.6) is 5.88 Å². The minimum Gasteiger partial charge on any atom is -0.467 e. The summed E-state index contributed by atoms with van der Waals surface area (Å²) in [6.45, 7) is -2.67. The predicted molar refractivity (Wildman–Crippen MR) is 129 cm³/mol. The van der Waals surface area contributed by atoms with Gasteiger partial charge in [0.2, 0.25) is 5.88 Å². The minimum absolute atomic E-state index is 0.00234. The molecule has 0 radical (unpaired) electrons. The molecule has 3 rings (SSSR count). The lowest BCUT2D eigenvalue weighted by Gasteiger charge is -2.29. The number of nitrogens with two attached hydrogens (primary N) is 1. The second kappa shape index (κ2) is 12.6. The maximum absolute atomic E-state index is 13.9. The van der Waals surface area contributed by atoms with Gasteiger partial charge in [0.1, 0.15) is 0 Å². The molecule has 22 heteroatoms. The summed E-state index contributed by atoms with van der Waals surface area (Å²) in [4.78, 5) is 16.0. The van der Waals surface area contributed by atoms with Crippen LogP contribution in [0.3, 0.4) is 0 Å². The van der Waals surface area contributed by atoms with Crippen molar-refractivity contribution in [2.45, 2.75) is 49.7 Å². The van der Waals surface area contributed by atoms with Gasteiger partial charge in [-0.3, -0.25) is 4.79 Å². The predicted octanol–water partition coefficient (Wildman–Crippen LogP) is 6.40. The quantitative estimate of drug-likeness (QED) is 0.197. The van der Waals surface area contributed by atoms with E-state index in [0.29, 0.717) is 4.68 Å². The lowest BCUT2D eigenvalue weighted by Crippen LogP contribution is -2.52. The normalized spacial score (nSPS) is 15.6. The third kappa shape index (κ3) is 9.16. The Morgan fingerprint density at radius 1 is 1.07 bits per heavy atom. The van der Waals surface area contributed by atoms with Gasteiger partial charge in [0.25, 0.3) is 5.91 Å². The van der Waals surface area contributed by atoms with Crippen molar-refractivity contribution in [3.63, 3.8) is 0 Å². The molecule has 3 N–H and O–H groups in total. The van der Waals surface area contributed by atoms with Crippen LogP contribution >= 0.6 is 11.6 Å². The summed E-state index contributed by atoms with van der Waals surface area (Å²) in [5, 5.41) is 5.90. The third-order valence-electron chi connectivity index (χ3n) is 5.47. The van der Waals surface area contributed by atoms with Crippen molar-refractivity contribution in [1.82, 2.24) is 15.1 Å². The van der Waals surface area contributed by atoms with Gasteiger partial charge < -0.3 is 15.8 Å². The van der Waals surface area contributed by atoms with E-state index in [-0.39, 0.29) is 27.8 Å². The Labute approximate surface area is 248 Å². The molecule has 1 aromatic heterocycles. The van der Waals surface area contributed by atoms with Crippen LogP contribution in [-0.2, 0) is 22.7 Å². The van der Waals surface area contributed by atoms with Gasteiger partial charge in [-0.15, -0.1) is 18.3 Å². The first-order valence-corrected chi connectivity index (χ1v) is 12.3. The third-order valence-corrected chi connectivity index (χ3v) is 5.80. The molecule has 0 atom stereocenters. The smallest absolute Gasteiger partial charge is 0.467 e. The standard InChI is InChI=1S/C23H18ClF12N5O4/c1-41-16(38-8-11(7-37)10-2-5-14(24)13(6-10)17(42)39-12-3-4-12)15(20(27,28)29)18(40-41)43-9-19(25,26)44-21(30,31)22(32,33)45-23(34,35)36/h2,5-8,12H,3-4,9,37H2,1H3,(H,39,42). The largest absolute Gasteiger partial charge is 0.527 e. The molecule has 1 aliphatic carbocycles. The molecule has 45 heavy (non-hydrogen) atoms. The Morgan fingerprint density at radius 2 is 1.67 bits per heavy atom. The van der Waals surface area contributed by atoms with Gasteiger partial charge in [0.05, 0.1) is 10.6 Å². The van der Waals surface area contributed by atoms with E-state index < -0.39 is 60.6 Å². The van der Waals surface area contributed by atoms with Gasteiger partial charge in [-0.05, 0) is 30.5 Å². The first kappa shape index (κ1) is 35.8. The zero-order chi connectivity index (χ0) is 34.2. The topological polar surface area (TPSA) is 113 Å². The number of hydrogen-bond donors (Lipinski definition) is 2. The van der Waals surface area contributed by atoms with Crippen molar-refractivity contribution in [3.8, 4) is 5.88 Å². The molecule has 1 saturated carbocycles. The molecular weight excluding hydrogens is 674 g/mol. The number of alkyl halides is 12. The summed E-state index contributed by atoms with van der Waals surface area (Å²) in [6, 6.07) is 3.85. The van der Waals surface area contributed by atoms with Crippen LogP contribution in [0.1, 0.15) is 34.3 Å². The first-order valence-electron chi connectivity index (χ1n) is 11.9. The number of carbonyl (C=O) groups is 1. The monoisotopic (exact) mass is 691 g/mol. The Bertz CT molecular complexity index is 1470. The Morgan fingerprint density at radius 3 is 2.20 bits per heavy atom. The molecule has 1 aromatic carbocycles. The fourth-order valence-corrected chi connectivity index (χ4v) is 3.54. The SMILES string of the molecule is Cn1nc(OCC(F)(F)OC(F)(F)C(F)(F)OC(F)(F)F)c(C(F)(F)F)c1N=CC(=CN)c1ccc(Cl)c(C(=O)NC2CC2)c1. The Kier molecular flexibility index (Phi) is 10.00. The highest BCUT2D eigenvalue weighted by atomic mass is 35.5. The number of nitrogens with one attached hydrogen (secondary N) is 1. The van der Waals surface area contributed by atoms with Crippen LogP contribution in [0.2, 0.25) is 5.02 Å². The molecule has 1 aliphatic rings. The van der Waals surface area contributed by atoms with E-state index in [9.17, 15) is 57.5 Å². The molecule has 0 aliphatic heterocycles. The fourth-order valence-electron chi connectivity index (χ4n) is 3.34. The lowest BCUT2D eigenvalue weighted by molar-refractivity contribution is -0.529. The number of amides is 1. The summed E-state index contributed by atoms with van der Waals surface area (Å²) in [5.41, 5.74) is 3.65. The lowest BCUT2D eigenvalue weighted by atomic mass is 10.0. The van der Waals surface area contributed by atoms with Crippen molar-refractivity contribution in [1.29, 1.82) is 0 Å². The van der Waals surface area contributed by atoms with Crippen molar-refractivity contribution < 1.29 is 71.7 Å². The number of nitrogens with zero attached hydrogens (tertiary/aromatic N) is 3. The van der Waals surface area contributed by atoms with Crippen LogP contribution in [0.25, 0.3) is 5.57 Å². The molecular formula is C23H18ClF12N5O4. The number of halogens is 13. The summed E-state index contributed by atoms with van der Waals surface area (Å²) in [6.07, 6.45) is -27.7. The number of hydrogen-bond acceptors (Lipinski definition) is 7. The van der Waals surface area contributed by atoms with Crippen LogP contribution in [0, 0.1) is 0 Å². The molecule has 1 fully saturated rings. The maximum Gasteiger partial charge on any atom is 0.527 e. The fraction of sp³-hybridized carbons (Fsp3) is 0.435. The average Bonchev–Trinajstić information content (AvgIpc) is 3.61. The van der Waals surface area contributed by atoms with E-state index in [4.69, 9.17) is 17.3 Å². The zero-order valence-corrected chi connectivity index (χ0v) is 22.8. The molecule has 1 heterocycles. The number of aromatic nitrogens is 2. The number of rotatable bonds is 12. The number of aryl methyl sites for hydroxylation is 1. The van der Waals surface area contributed by atoms with E-state index in [0.717, 1.165) is 32.3 Å². The van der Waals surface area contributed by atoms with Gasteiger partial charge in [0, 0.05) is 31.1 Å². The zero-order valence-electron chi connectivity index (χ0n) is 22.1. The van der Waals surface area contributed by atoms with Gasteiger partial charge in [-0.25, -0.2) is 19.1 Å². The molecule has 250 valence electrons. The van der Waals surface area contributed by atoms with Crippen LogP contribution < -0.4 is 15.8 Å². The van der Waals surface area contributed by atoms with Gasteiger partial charge in [-0.2, -0.15) is 39.5 Å². The number of benzene rings is 1. The van der Waals surface area contributed by atoms with E-state index in [1.54, 1.807) is 0 Å². The van der Waals surface area contributed by atoms with E-state index >= 15 is 0 Å². The van der Waals surface area contributed by atoms with Crippen LogP contribution in [0.4, 0.5) is 58.5 Å². The van der Waals surface area contributed by atoms with E-state index in [1.807, 2.05) is 4.74 Å². The van der Waals surface area contributed by atoms with E-state index in [1.165, 1.54) is 18.2 Å². The van der Waals surface area contributed by atoms with Gasteiger partial charge in [0.15, 0.2) is 18.0 Å². The van der Waals surface area contributed by atoms with Gasteiger partial charge in [-0.1, -0.05) is 17.7 Å². The number of allylic oxidation sites excluding steroid dienone is 1. The second-order valence-corrected chi connectivity index (χ2v) is 9.46. The number of ether oxygens (including phenoxy) is 3. The summed E-state index contributed by atoms with van der Waals surface area (Å²) in [7, 11) is 0.820. The van der Waals surface area contributed by atoms with Crippen LogP contribution in [0.15, 0.2) is 29.4 Å². The molecule has 2 aromatic rings. The summed E-state index contributed by atoms with van der Waals surface area (Å²) < 4.78 is 167. The number of carbonyl (C=O) groups excluding carboxylic acids is 1. The van der Waals surface area contributed by atoms with E-state index in [2.05, 4.69) is 24.9 Å². The second-order valence-electron chi connectivity index (χ2n) is 9.06. The maximum atomic E-state index is 13.9. The molecule has 1 amide bonds. The Balaban J connectivity index is 1.86. The molecule has 0 spiro atoms. The molecule has 9 nitrogen and oxygen atoms in total. The highest BCUT2D eigenvalue weighted by Crippen LogP contribution is 2.45. The molecule has 0 saturated heterocycles. The molecule has 0 unspecified atom stereocenters. The van der Waals surface area contributed by atoms with Crippen LogP contribution in [-0.4, -0.2) is 59.2 Å². The highest BCUT2D eigenvalue weighted by molar-refractivity contribution is 6.34. The van der Waals surface area contributed by atoms with Crippen molar-refractivity contribution in [2.75, 3.05) is 6.61 Å². The minimum atomic E-state index is -6.68. The van der Waals surface area contributed by atoms with Crippen molar-refractivity contribution in [3.05, 3.63) is 46.1 Å². The Hall–Kier alpha value is -3.72. The first-order chi connectivity index (χ1) is 20.5. The highest BCUT2D eigenvalue weighted by Gasteiger charge is 2.68. The summed E-state index contributed by atoms with van der Waals surface area (Å²) in [5.74, 6) is -3.40. The molecule has 0 bridgehead atoms. The van der Waals surface area contributed by atoms with Crippen molar-refractivity contribution >= 4 is 35.1 Å². The average molecular weight is 692 g/mol. The van der Waals surface area contributed by atoms with Crippen molar-refractivity contribution in [2.24, 2.45) is 17.8 Å². The summed E-state index contributed by atoms with van der Waals surface area (Å²) >= 11 is 6.07. The number of aliphatic imine (C=N–C) groups is 1. The van der Waals surface area contributed by atoms with Gasteiger partial charge >= 0.3 is 30.9 Å².